The Balaban J connectivity index is 1.58. The highest BCUT2D eigenvalue weighted by atomic mass is 31.2. The molecule has 33 heavy (non-hydrogen) atoms. The van der Waals surface area contributed by atoms with Gasteiger partial charge in [-0.05, 0) is 51.0 Å². The van der Waals surface area contributed by atoms with Crippen molar-refractivity contribution >= 4 is 14.0 Å². The van der Waals surface area contributed by atoms with E-state index in [0.717, 1.165) is 50.5 Å². The zero-order valence-corrected chi connectivity index (χ0v) is 21.4. The molecule has 1 amide bonds. The molecule has 2 unspecified atom stereocenters. The van der Waals surface area contributed by atoms with Gasteiger partial charge in [0.2, 0.25) is 7.94 Å². The molecule has 1 fully saturated rings. The molecule has 0 aliphatic carbocycles. The molecule has 0 spiro atoms. The van der Waals surface area contributed by atoms with Gasteiger partial charge < -0.3 is 14.9 Å². The molecule has 7 heteroatoms. The second-order valence-electron chi connectivity index (χ2n) is 9.10. The van der Waals surface area contributed by atoms with Crippen molar-refractivity contribution in [1.82, 2.24) is 5.32 Å². The normalized spacial score (nSPS) is 23.4. The first-order valence-corrected chi connectivity index (χ1v) is 14.7. The highest BCUT2D eigenvalue weighted by Crippen LogP contribution is 2.54. The van der Waals surface area contributed by atoms with Crippen LogP contribution in [-0.2, 0) is 20.4 Å². The summed E-state index contributed by atoms with van der Waals surface area (Å²) in [5, 5.41) is 2.77. The summed E-state index contributed by atoms with van der Waals surface area (Å²) in [6.07, 6.45) is 14.3. The summed E-state index contributed by atoms with van der Waals surface area (Å²) in [6.45, 7) is 3.28. The highest BCUT2D eigenvalue weighted by Gasteiger charge is 2.32. The Labute approximate surface area is 201 Å². The summed E-state index contributed by atoms with van der Waals surface area (Å²) in [7, 11) is -3.05. The monoisotopic (exact) mass is 481 g/mol. The molecule has 1 aromatic carbocycles. The molecule has 1 aromatic rings. The van der Waals surface area contributed by atoms with Gasteiger partial charge in [0, 0.05) is 6.54 Å². The highest BCUT2D eigenvalue weighted by molar-refractivity contribution is 7.59. The summed E-state index contributed by atoms with van der Waals surface area (Å²) in [5.41, 5.74) is 0.967. The van der Waals surface area contributed by atoms with Gasteiger partial charge in [0.1, 0.15) is 18.9 Å². The number of carbonyl (C=O) groups excluding carboxylic acids is 1. The summed E-state index contributed by atoms with van der Waals surface area (Å²) >= 11 is 0. The number of nitrogens with one attached hydrogen (secondary N) is 1. The van der Waals surface area contributed by atoms with Gasteiger partial charge in [0.25, 0.3) is 0 Å². The van der Waals surface area contributed by atoms with Crippen molar-refractivity contribution < 1.29 is 23.5 Å². The molecule has 1 saturated heterocycles. The predicted molar refractivity (Wildman–Crippen MR) is 133 cm³/mol. The van der Waals surface area contributed by atoms with Crippen LogP contribution in [0.1, 0.15) is 96.0 Å². The standard InChI is InChI=1S/C26H44NO5P/c1-24-17-11-7-5-3-2-4-6-8-16-22-33(29,32-24)31-21-15-10-14-20-27-26(28)30-23-25-18-12-9-13-19-25/h9,12-13,18-19,24H,2-8,10-11,14-17,20-23H2,1H3,(H,27,28). The number of carbonyl (C=O) groups is 1. The zero-order chi connectivity index (χ0) is 23.6. The van der Waals surface area contributed by atoms with E-state index in [1.54, 1.807) is 0 Å². The van der Waals surface area contributed by atoms with Gasteiger partial charge in [-0.2, -0.15) is 0 Å². The SMILES string of the molecule is CC1CCCCCCCCCCC[P+]([O-])(OCCCCCNC(=O)OCc2ccccc2)O1. The number of rotatable bonds is 9. The lowest BCUT2D eigenvalue weighted by molar-refractivity contribution is -0.223. The van der Waals surface area contributed by atoms with Crippen LogP contribution in [-0.4, -0.2) is 31.5 Å². The number of hydrogen-bond acceptors (Lipinski definition) is 5. The van der Waals surface area contributed by atoms with Crippen LogP contribution in [0.15, 0.2) is 30.3 Å². The largest absolute Gasteiger partial charge is 0.631 e. The van der Waals surface area contributed by atoms with Crippen LogP contribution in [0.5, 0.6) is 0 Å². The molecule has 1 N–H and O–H groups in total. The first kappa shape index (κ1) is 28.0. The van der Waals surface area contributed by atoms with Gasteiger partial charge in [-0.3, -0.25) is 0 Å². The fraction of sp³-hybridized carbons (Fsp3) is 0.731. The summed E-state index contributed by atoms with van der Waals surface area (Å²) in [6, 6.07) is 9.62. The molecule has 1 aliphatic rings. The van der Waals surface area contributed by atoms with E-state index in [-0.39, 0.29) is 12.7 Å². The zero-order valence-electron chi connectivity index (χ0n) is 20.5. The van der Waals surface area contributed by atoms with Crippen LogP contribution in [0.25, 0.3) is 0 Å². The Morgan fingerprint density at radius 2 is 1.67 bits per heavy atom. The van der Waals surface area contributed by atoms with E-state index >= 15 is 0 Å². The van der Waals surface area contributed by atoms with E-state index in [0.29, 0.717) is 19.3 Å². The fourth-order valence-corrected chi connectivity index (χ4v) is 5.99. The number of unbranched alkanes of at least 4 members (excludes halogenated alkanes) is 2. The van der Waals surface area contributed by atoms with Crippen molar-refractivity contribution in [2.24, 2.45) is 0 Å². The molecular formula is C26H44NO5P. The minimum atomic E-state index is -3.05. The third-order valence-electron chi connectivity index (χ3n) is 5.97. The van der Waals surface area contributed by atoms with Gasteiger partial charge in [-0.1, -0.05) is 75.3 Å². The molecule has 1 heterocycles. The van der Waals surface area contributed by atoms with Crippen LogP contribution in [0.3, 0.4) is 0 Å². The fourth-order valence-electron chi connectivity index (χ4n) is 4.02. The lowest BCUT2D eigenvalue weighted by Gasteiger charge is -2.30. The summed E-state index contributed by atoms with van der Waals surface area (Å²) in [4.78, 5) is 25.1. The van der Waals surface area contributed by atoms with Crippen molar-refractivity contribution in [1.29, 1.82) is 0 Å². The number of hydrogen-bond donors (Lipinski definition) is 1. The maximum absolute atomic E-state index is 13.3. The van der Waals surface area contributed by atoms with E-state index in [2.05, 4.69) is 5.32 Å². The average Bonchev–Trinajstić information content (AvgIpc) is 2.81. The molecule has 2 rings (SSSR count). The molecule has 0 radical (unpaired) electrons. The smallest absolute Gasteiger partial charge is 0.407 e. The van der Waals surface area contributed by atoms with E-state index in [1.807, 2.05) is 37.3 Å². The molecule has 0 aromatic heterocycles. The summed E-state index contributed by atoms with van der Waals surface area (Å²) in [5.74, 6) is 0. The molecule has 188 valence electrons. The molecule has 0 saturated carbocycles. The lowest BCUT2D eigenvalue weighted by atomic mass is 10.1. The molecule has 6 nitrogen and oxygen atoms in total. The average molecular weight is 482 g/mol. The van der Waals surface area contributed by atoms with Crippen LogP contribution in [0, 0.1) is 0 Å². The van der Waals surface area contributed by atoms with Crippen LogP contribution < -0.4 is 10.2 Å². The number of benzene rings is 1. The van der Waals surface area contributed by atoms with Crippen LogP contribution >= 0.6 is 7.94 Å². The van der Waals surface area contributed by atoms with Crippen molar-refractivity contribution in [2.45, 2.75) is 103 Å². The molecule has 2 atom stereocenters. The minimum absolute atomic E-state index is 0.0233. The van der Waals surface area contributed by atoms with Gasteiger partial charge in [-0.15, -0.1) is 0 Å². The third kappa shape index (κ3) is 13.9. The lowest BCUT2D eigenvalue weighted by Crippen LogP contribution is -2.25. The Morgan fingerprint density at radius 3 is 2.39 bits per heavy atom. The van der Waals surface area contributed by atoms with Gasteiger partial charge in [0.05, 0.1) is 6.61 Å². The second-order valence-corrected chi connectivity index (χ2v) is 11.2. The maximum Gasteiger partial charge on any atom is 0.407 e. The van der Waals surface area contributed by atoms with Gasteiger partial charge >= 0.3 is 6.09 Å². The van der Waals surface area contributed by atoms with E-state index in [9.17, 15) is 9.69 Å². The van der Waals surface area contributed by atoms with Crippen molar-refractivity contribution in [2.75, 3.05) is 19.3 Å². The Morgan fingerprint density at radius 1 is 1.00 bits per heavy atom. The minimum Gasteiger partial charge on any atom is -0.631 e. The molecular weight excluding hydrogens is 437 g/mol. The quantitative estimate of drug-likeness (QED) is 0.320. The Bertz CT molecular complexity index is 632. The maximum atomic E-state index is 13.3. The first-order chi connectivity index (χ1) is 16.1. The Hall–Kier alpha value is -1.20. The topological polar surface area (TPSA) is 79.9 Å². The number of ether oxygens (including phenoxy) is 1. The first-order valence-electron chi connectivity index (χ1n) is 12.9. The van der Waals surface area contributed by atoms with Gasteiger partial charge in [0.15, 0.2) is 0 Å². The molecule has 0 bridgehead atoms. The van der Waals surface area contributed by atoms with Crippen molar-refractivity contribution in [3.8, 4) is 0 Å². The Kier molecular flexibility index (Phi) is 14.7. The number of amides is 1. The van der Waals surface area contributed by atoms with Crippen molar-refractivity contribution in [3.63, 3.8) is 0 Å². The molecule has 1 aliphatic heterocycles. The van der Waals surface area contributed by atoms with Gasteiger partial charge in [-0.25, -0.2) is 13.8 Å². The summed E-state index contributed by atoms with van der Waals surface area (Å²) < 4.78 is 17.0. The van der Waals surface area contributed by atoms with Crippen LogP contribution in [0.2, 0.25) is 0 Å². The second kappa shape index (κ2) is 17.3. The van der Waals surface area contributed by atoms with Crippen LogP contribution in [0.4, 0.5) is 4.79 Å². The van der Waals surface area contributed by atoms with E-state index in [4.69, 9.17) is 13.8 Å². The third-order valence-corrected chi connectivity index (χ3v) is 8.10. The van der Waals surface area contributed by atoms with E-state index < -0.39 is 14.0 Å². The number of alkyl carbamates (subject to hydrolysis) is 1. The van der Waals surface area contributed by atoms with Crippen molar-refractivity contribution in [3.05, 3.63) is 35.9 Å². The van der Waals surface area contributed by atoms with E-state index in [1.165, 1.54) is 38.5 Å². The predicted octanol–water partition coefficient (Wildman–Crippen LogP) is 6.54.